The lowest BCUT2D eigenvalue weighted by molar-refractivity contribution is 0.282. The second-order valence-corrected chi connectivity index (χ2v) is 3.19. The molecule has 2 N–H and O–H groups in total. The Bertz CT molecular complexity index is 277. The molecule has 14 heavy (non-hydrogen) atoms. The van der Waals surface area contributed by atoms with Crippen molar-refractivity contribution in [2.45, 2.75) is 13.0 Å². The summed E-state index contributed by atoms with van der Waals surface area (Å²) in [7, 11) is 1.95. The molecule has 1 aromatic rings. The van der Waals surface area contributed by atoms with Crippen molar-refractivity contribution in [3.05, 3.63) is 41.5 Å². The lowest BCUT2D eigenvalue weighted by atomic mass is 10.1. The molecule has 0 spiro atoms. The first-order valence-electron chi connectivity index (χ1n) is 4.87. The van der Waals surface area contributed by atoms with Gasteiger partial charge in [-0.15, -0.1) is 0 Å². The summed E-state index contributed by atoms with van der Waals surface area (Å²) in [6.07, 6.45) is 5.28. The molecule has 76 valence electrons. The van der Waals surface area contributed by atoms with Gasteiger partial charge in [0.25, 0.3) is 0 Å². The molecule has 0 heterocycles. The van der Waals surface area contributed by atoms with Gasteiger partial charge in [0.1, 0.15) is 0 Å². The van der Waals surface area contributed by atoms with Crippen LogP contribution in [0.15, 0.2) is 30.3 Å². The first kappa shape index (κ1) is 11.0. The molecule has 1 rings (SSSR count). The van der Waals surface area contributed by atoms with Crippen LogP contribution in [0.3, 0.4) is 0 Å². The predicted molar refractivity (Wildman–Crippen MR) is 59.9 cm³/mol. The summed E-state index contributed by atoms with van der Waals surface area (Å²) in [6.45, 7) is 1.12. The van der Waals surface area contributed by atoms with Crippen molar-refractivity contribution in [3.8, 4) is 0 Å². The molecule has 0 radical (unpaired) electrons. The molecule has 2 nitrogen and oxygen atoms in total. The van der Waals surface area contributed by atoms with Crippen LogP contribution in [0.1, 0.15) is 17.5 Å². The second-order valence-electron chi connectivity index (χ2n) is 3.19. The Hall–Kier alpha value is -1.12. The van der Waals surface area contributed by atoms with E-state index in [0.29, 0.717) is 0 Å². The van der Waals surface area contributed by atoms with Crippen LogP contribution < -0.4 is 5.32 Å². The third kappa shape index (κ3) is 3.73. The topological polar surface area (TPSA) is 32.3 Å². The Balaban J connectivity index is 2.47. The van der Waals surface area contributed by atoms with Crippen LogP contribution >= 0.6 is 0 Å². The average molecular weight is 191 g/mol. The normalized spacial score (nSPS) is 11.0. The lowest BCUT2D eigenvalue weighted by Gasteiger charge is -1.97. The number of rotatable bonds is 5. The fraction of sp³-hybridized carbons (Fsp3) is 0.333. The second kappa shape index (κ2) is 6.35. The summed E-state index contributed by atoms with van der Waals surface area (Å²) >= 11 is 0. The highest BCUT2D eigenvalue weighted by atomic mass is 16.3. The van der Waals surface area contributed by atoms with Crippen molar-refractivity contribution in [2.75, 3.05) is 13.6 Å². The van der Waals surface area contributed by atoms with E-state index < -0.39 is 0 Å². The number of hydrogen-bond donors (Lipinski definition) is 2. The maximum Gasteiger partial charge on any atom is 0.0681 e. The lowest BCUT2D eigenvalue weighted by Crippen LogP contribution is -2.05. The molecule has 2 heteroatoms. The van der Waals surface area contributed by atoms with Crippen LogP contribution in [0, 0.1) is 0 Å². The summed E-state index contributed by atoms with van der Waals surface area (Å²) in [5, 5.41) is 11.9. The van der Waals surface area contributed by atoms with E-state index in [2.05, 4.69) is 17.5 Å². The third-order valence-electron chi connectivity index (χ3n) is 2.03. The van der Waals surface area contributed by atoms with Gasteiger partial charge >= 0.3 is 0 Å². The maximum absolute atomic E-state index is 8.85. The highest BCUT2D eigenvalue weighted by molar-refractivity contribution is 5.49. The van der Waals surface area contributed by atoms with Gasteiger partial charge in [0.05, 0.1) is 6.61 Å². The van der Waals surface area contributed by atoms with Crippen LogP contribution in [0.2, 0.25) is 0 Å². The van der Waals surface area contributed by atoms with Gasteiger partial charge in [0, 0.05) is 0 Å². The minimum absolute atomic E-state index is 0.115. The minimum atomic E-state index is 0.115. The summed E-state index contributed by atoms with van der Waals surface area (Å²) in [5.41, 5.74) is 2.13. The molecule has 0 fully saturated rings. The molecule has 0 bridgehead atoms. The molecule has 0 saturated carbocycles. The molecule has 0 aliphatic heterocycles. The van der Waals surface area contributed by atoms with Gasteiger partial charge < -0.3 is 10.4 Å². The predicted octanol–water partition coefficient (Wildman–Crippen LogP) is 1.80. The van der Waals surface area contributed by atoms with Crippen LogP contribution in [-0.4, -0.2) is 18.7 Å². The molecule has 0 aliphatic rings. The molecule has 1 aromatic carbocycles. The molecule has 0 unspecified atom stereocenters. The standard InChI is InChI=1S/C12H17NO/c1-13-9-3-2-4-11-5-7-12(10-14)8-6-11/h2,4-8,13-14H,3,9-10H2,1H3. The van der Waals surface area contributed by atoms with Gasteiger partial charge in [-0.3, -0.25) is 0 Å². The van der Waals surface area contributed by atoms with Crippen LogP contribution in [0.4, 0.5) is 0 Å². The zero-order valence-electron chi connectivity index (χ0n) is 8.53. The van der Waals surface area contributed by atoms with Gasteiger partial charge in [-0.05, 0) is 31.1 Å². The number of aliphatic hydroxyl groups is 1. The first-order chi connectivity index (χ1) is 6.86. The number of benzene rings is 1. The monoisotopic (exact) mass is 191 g/mol. The zero-order valence-corrected chi connectivity index (χ0v) is 8.53. The Morgan fingerprint density at radius 3 is 2.57 bits per heavy atom. The maximum atomic E-state index is 8.85. The molecular formula is C12H17NO. The van der Waals surface area contributed by atoms with Gasteiger partial charge in [0.15, 0.2) is 0 Å². The van der Waals surface area contributed by atoms with Crippen molar-refractivity contribution in [1.82, 2.24) is 5.32 Å². The van der Waals surface area contributed by atoms with E-state index in [9.17, 15) is 0 Å². The molecule has 0 saturated heterocycles. The summed E-state index contributed by atoms with van der Waals surface area (Å²) in [6, 6.07) is 7.92. The fourth-order valence-corrected chi connectivity index (χ4v) is 1.18. The highest BCUT2D eigenvalue weighted by Crippen LogP contribution is 2.06. The fourth-order valence-electron chi connectivity index (χ4n) is 1.18. The molecular weight excluding hydrogens is 174 g/mol. The first-order valence-corrected chi connectivity index (χ1v) is 4.87. The molecule has 0 aromatic heterocycles. The zero-order chi connectivity index (χ0) is 10.2. The van der Waals surface area contributed by atoms with E-state index in [1.165, 1.54) is 5.56 Å². The van der Waals surface area contributed by atoms with Crippen molar-refractivity contribution in [3.63, 3.8) is 0 Å². The van der Waals surface area contributed by atoms with Gasteiger partial charge in [0.2, 0.25) is 0 Å². The van der Waals surface area contributed by atoms with Gasteiger partial charge in [-0.25, -0.2) is 0 Å². The molecule has 0 amide bonds. The van der Waals surface area contributed by atoms with Crippen molar-refractivity contribution in [2.24, 2.45) is 0 Å². The summed E-state index contributed by atoms with van der Waals surface area (Å²) < 4.78 is 0. The Morgan fingerprint density at radius 2 is 2.00 bits per heavy atom. The Morgan fingerprint density at radius 1 is 1.29 bits per heavy atom. The summed E-state index contributed by atoms with van der Waals surface area (Å²) in [4.78, 5) is 0. The van der Waals surface area contributed by atoms with E-state index in [4.69, 9.17) is 5.11 Å². The largest absolute Gasteiger partial charge is 0.392 e. The smallest absolute Gasteiger partial charge is 0.0681 e. The average Bonchev–Trinajstić information content (AvgIpc) is 2.25. The summed E-state index contributed by atoms with van der Waals surface area (Å²) in [5.74, 6) is 0. The minimum Gasteiger partial charge on any atom is -0.392 e. The van der Waals surface area contributed by atoms with Crippen molar-refractivity contribution in [1.29, 1.82) is 0 Å². The highest BCUT2D eigenvalue weighted by Gasteiger charge is 1.89. The van der Waals surface area contributed by atoms with Gasteiger partial charge in [-0.2, -0.15) is 0 Å². The molecule has 0 aliphatic carbocycles. The molecule has 0 atom stereocenters. The van der Waals surface area contributed by atoms with Gasteiger partial charge in [-0.1, -0.05) is 36.4 Å². The van der Waals surface area contributed by atoms with E-state index in [0.717, 1.165) is 18.5 Å². The van der Waals surface area contributed by atoms with Crippen molar-refractivity contribution >= 4 is 6.08 Å². The number of nitrogens with one attached hydrogen (secondary N) is 1. The Labute approximate surface area is 85.3 Å². The van der Waals surface area contributed by atoms with Crippen molar-refractivity contribution < 1.29 is 5.11 Å². The quantitative estimate of drug-likeness (QED) is 0.696. The Kier molecular flexibility index (Phi) is 4.97. The number of hydrogen-bond acceptors (Lipinski definition) is 2. The van der Waals surface area contributed by atoms with E-state index in [1.807, 2.05) is 31.3 Å². The van der Waals surface area contributed by atoms with Crippen LogP contribution in [-0.2, 0) is 6.61 Å². The third-order valence-corrected chi connectivity index (χ3v) is 2.03. The SMILES string of the molecule is CNCCC=Cc1ccc(CO)cc1. The van der Waals surface area contributed by atoms with E-state index >= 15 is 0 Å². The van der Waals surface area contributed by atoms with Crippen LogP contribution in [0.5, 0.6) is 0 Å². The van der Waals surface area contributed by atoms with E-state index in [-0.39, 0.29) is 6.61 Å². The van der Waals surface area contributed by atoms with E-state index in [1.54, 1.807) is 0 Å². The number of aliphatic hydroxyl groups excluding tert-OH is 1. The van der Waals surface area contributed by atoms with Crippen LogP contribution in [0.25, 0.3) is 6.08 Å².